The molecule has 1 aromatic rings. The molecule has 1 aliphatic heterocycles. The lowest BCUT2D eigenvalue weighted by molar-refractivity contribution is -0.124. The van der Waals surface area contributed by atoms with Crippen LogP contribution >= 0.6 is 11.6 Å². The number of carbonyl (C=O) groups is 1. The summed E-state index contributed by atoms with van der Waals surface area (Å²) in [5.74, 6) is -0.862. The van der Waals surface area contributed by atoms with Gasteiger partial charge in [-0.05, 0) is 19.0 Å². The molecule has 1 amide bonds. The molecule has 2 atom stereocenters. The number of aliphatic hydroxyl groups is 1. The van der Waals surface area contributed by atoms with Gasteiger partial charge in [0.25, 0.3) is 0 Å². The standard InChI is InChI=1S/C12H14ClFN2O2/c13-8-3-1-2-7(10(8)14)6-16-12(18)11-9(17)4-5-15-11/h1-3,9,11,15,17H,4-6H2,(H,16,18). The molecule has 1 heterocycles. The molecule has 3 N–H and O–H groups in total. The summed E-state index contributed by atoms with van der Waals surface area (Å²) >= 11 is 5.64. The molecule has 2 rings (SSSR count). The van der Waals surface area contributed by atoms with Crippen molar-refractivity contribution in [2.75, 3.05) is 6.54 Å². The molecule has 6 heteroatoms. The largest absolute Gasteiger partial charge is 0.391 e. The summed E-state index contributed by atoms with van der Waals surface area (Å²) in [6.07, 6.45) is -0.141. The van der Waals surface area contributed by atoms with Crippen LogP contribution in [0.1, 0.15) is 12.0 Å². The molecule has 1 aliphatic rings. The second-order valence-corrected chi connectivity index (χ2v) is 4.63. The zero-order valence-electron chi connectivity index (χ0n) is 9.62. The van der Waals surface area contributed by atoms with E-state index in [9.17, 15) is 14.3 Å². The number of rotatable bonds is 3. The molecule has 1 fully saturated rings. The van der Waals surface area contributed by atoms with Crippen LogP contribution in [0.4, 0.5) is 4.39 Å². The fourth-order valence-corrected chi connectivity index (χ4v) is 2.13. The molecule has 4 nitrogen and oxygen atoms in total. The van der Waals surface area contributed by atoms with E-state index in [0.717, 1.165) is 0 Å². The zero-order chi connectivity index (χ0) is 13.1. The lowest BCUT2D eigenvalue weighted by Gasteiger charge is -2.15. The van der Waals surface area contributed by atoms with Gasteiger partial charge >= 0.3 is 0 Å². The van der Waals surface area contributed by atoms with E-state index in [0.29, 0.717) is 18.5 Å². The van der Waals surface area contributed by atoms with Gasteiger partial charge in [0, 0.05) is 12.1 Å². The first-order valence-electron chi connectivity index (χ1n) is 5.71. The Kier molecular flexibility index (Phi) is 4.16. The van der Waals surface area contributed by atoms with Crippen molar-refractivity contribution in [3.8, 4) is 0 Å². The number of carbonyl (C=O) groups excluding carboxylic acids is 1. The Hall–Kier alpha value is -1.17. The van der Waals surface area contributed by atoms with Crippen LogP contribution < -0.4 is 10.6 Å². The number of benzene rings is 1. The lowest BCUT2D eigenvalue weighted by Crippen LogP contribution is -2.45. The first kappa shape index (κ1) is 13.3. The predicted molar refractivity (Wildman–Crippen MR) is 65.7 cm³/mol. The van der Waals surface area contributed by atoms with Crippen LogP contribution in [0.5, 0.6) is 0 Å². The van der Waals surface area contributed by atoms with E-state index >= 15 is 0 Å². The van der Waals surface area contributed by atoms with Gasteiger partial charge in [-0.1, -0.05) is 23.7 Å². The summed E-state index contributed by atoms with van der Waals surface area (Å²) in [4.78, 5) is 11.7. The number of aliphatic hydroxyl groups excluding tert-OH is 1. The molecular formula is C12H14ClFN2O2. The molecule has 0 saturated carbocycles. The van der Waals surface area contributed by atoms with Crippen molar-refractivity contribution in [3.05, 3.63) is 34.6 Å². The van der Waals surface area contributed by atoms with E-state index < -0.39 is 18.0 Å². The minimum atomic E-state index is -0.686. The first-order chi connectivity index (χ1) is 8.59. The Morgan fingerprint density at radius 3 is 3.06 bits per heavy atom. The summed E-state index contributed by atoms with van der Waals surface area (Å²) in [7, 11) is 0. The molecule has 0 aromatic heterocycles. The summed E-state index contributed by atoms with van der Waals surface area (Å²) in [5, 5.41) is 15.0. The average molecular weight is 273 g/mol. The fraction of sp³-hybridized carbons (Fsp3) is 0.417. The third-order valence-electron chi connectivity index (χ3n) is 2.96. The lowest BCUT2D eigenvalue weighted by atomic mass is 10.1. The summed E-state index contributed by atoms with van der Waals surface area (Å²) < 4.78 is 13.6. The molecule has 1 saturated heterocycles. The fourth-order valence-electron chi connectivity index (χ4n) is 1.93. The number of amides is 1. The maximum absolute atomic E-state index is 13.6. The van der Waals surface area contributed by atoms with Gasteiger partial charge in [0.15, 0.2) is 0 Å². The number of hydrogen-bond acceptors (Lipinski definition) is 3. The van der Waals surface area contributed by atoms with Crippen LogP contribution in [-0.4, -0.2) is 29.7 Å². The predicted octanol–water partition coefficient (Wildman–Crippen LogP) is 0.818. The van der Waals surface area contributed by atoms with E-state index in [-0.39, 0.29) is 17.5 Å². The highest BCUT2D eigenvalue weighted by Gasteiger charge is 2.30. The topological polar surface area (TPSA) is 61.4 Å². The van der Waals surface area contributed by atoms with E-state index in [1.807, 2.05) is 0 Å². The Morgan fingerprint density at radius 1 is 1.61 bits per heavy atom. The maximum Gasteiger partial charge on any atom is 0.240 e. The Labute approximate surface area is 109 Å². The van der Waals surface area contributed by atoms with Gasteiger partial charge in [0.2, 0.25) is 5.91 Å². The molecule has 18 heavy (non-hydrogen) atoms. The van der Waals surface area contributed by atoms with Crippen LogP contribution in [-0.2, 0) is 11.3 Å². The van der Waals surface area contributed by atoms with Gasteiger partial charge < -0.3 is 15.7 Å². The molecule has 0 spiro atoms. The second-order valence-electron chi connectivity index (χ2n) is 4.22. The number of halogens is 2. The minimum absolute atomic E-state index is 0.0285. The quantitative estimate of drug-likeness (QED) is 0.763. The monoisotopic (exact) mass is 272 g/mol. The minimum Gasteiger partial charge on any atom is -0.391 e. The van der Waals surface area contributed by atoms with Gasteiger partial charge in [0.05, 0.1) is 11.1 Å². The van der Waals surface area contributed by atoms with Crippen LogP contribution in [0.15, 0.2) is 18.2 Å². The molecule has 0 radical (unpaired) electrons. The first-order valence-corrected chi connectivity index (χ1v) is 6.09. The van der Waals surface area contributed by atoms with Crippen LogP contribution in [0, 0.1) is 5.82 Å². The normalized spacial score (nSPS) is 23.1. The van der Waals surface area contributed by atoms with E-state index in [1.165, 1.54) is 6.07 Å². The van der Waals surface area contributed by atoms with Gasteiger partial charge in [-0.25, -0.2) is 4.39 Å². The van der Waals surface area contributed by atoms with E-state index in [4.69, 9.17) is 11.6 Å². The third-order valence-corrected chi connectivity index (χ3v) is 3.25. The highest BCUT2D eigenvalue weighted by Crippen LogP contribution is 2.17. The molecule has 98 valence electrons. The number of nitrogens with one attached hydrogen (secondary N) is 2. The smallest absolute Gasteiger partial charge is 0.240 e. The van der Waals surface area contributed by atoms with E-state index in [2.05, 4.69) is 10.6 Å². The highest BCUT2D eigenvalue weighted by molar-refractivity contribution is 6.30. The van der Waals surface area contributed by atoms with Crippen molar-refractivity contribution in [1.82, 2.24) is 10.6 Å². The van der Waals surface area contributed by atoms with Crippen molar-refractivity contribution in [2.24, 2.45) is 0 Å². The van der Waals surface area contributed by atoms with Crippen LogP contribution in [0.3, 0.4) is 0 Å². The maximum atomic E-state index is 13.6. The van der Waals surface area contributed by atoms with Gasteiger partial charge in [0.1, 0.15) is 11.9 Å². The molecular weight excluding hydrogens is 259 g/mol. The SMILES string of the molecule is O=C(NCc1cccc(Cl)c1F)C1NCCC1O. The van der Waals surface area contributed by atoms with Crippen molar-refractivity contribution >= 4 is 17.5 Å². The molecule has 0 aliphatic carbocycles. The van der Waals surface area contributed by atoms with Crippen molar-refractivity contribution < 1.29 is 14.3 Å². The van der Waals surface area contributed by atoms with Gasteiger partial charge in [-0.3, -0.25) is 4.79 Å². The van der Waals surface area contributed by atoms with Gasteiger partial charge in [-0.2, -0.15) is 0 Å². The summed E-state index contributed by atoms with van der Waals surface area (Å²) in [6, 6.07) is 4.01. The van der Waals surface area contributed by atoms with E-state index in [1.54, 1.807) is 12.1 Å². The van der Waals surface area contributed by atoms with Crippen LogP contribution in [0.25, 0.3) is 0 Å². The van der Waals surface area contributed by atoms with Crippen molar-refractivity contribution in [1.29, 1.82) is 0 Å². The molecule has 1 aromatic carbocycles. The summed E-state index contributed by atoms with van der Waals surface area (Å²) in [6.45, 7) is 0.654. The van der Waals surface area contributed by atoms with Gasteiger partial charge in [-0.15, -0.1) is 0 Å². The molecule has 2 unspecified atom stereocenters. The number of hydrogen-bond donors (Lipinski definition) is 3. The summed E-state index contributed by atoms with van der Waals surface area (Å²) in [5.41, 5.74) is 0.323. The highest BCUT2D eigenvalue weighted by atomic mass is 35.5. The Bertz CT molecular complexity index is 456. The Balaban J connectivity index is 1.95. The second kappa shape index (κ2) is 5.65. The van der Waals surface area contributed by atoms with Crippen LogP contribution in [0.2, 0.25) is 5.02 Å². The molecule has 0 bridgehead atoms. The Morgan fingerprint density at radius 2 is 2.39 bits per heavy atom. The third kappa shape index (κ3) is 2.80. The van der Waals surface area contributed by atoms with Crippen molar-refractivity contribution in [2.45, 2.75) is 25.1 Å². The average Bonchev–Trinajstić information content (AvgIpc) is 2.77. The van der Waals surface area contributed by atoms with Crippen molar-refractivity contribution in [3.63, 3.8) is 0 Å². The zero-order valence-corrected chi connectivity index (χ0v) is 10.4.